The molecule has 12 heteroatoms. The van der Waals surface area contributed by atoms with Crippen LogP contribution < -0.4 is 19.7 Å². The second kappa shape index (κ2) is 10.9. The topological polar surface area (TPSA) is 151 Å². The van der Waals surface area contributed by atoms with Crippen LogP contribution in [0.4, 0.5) is 5.82 Å². The van der Waals surface area contributed by atoms with Gasteiger partial charge in [0.2, 0.25) is 5.88 Å². The molecular formula is C30H32N8O4. The van der Waals surface area contributed by atoms with Crippen molar-refractivity contribution in [3.63, 3.8) is 0 Å². The van der Waals surface area contributed by atoms with Crippen molar-refractivity contribution in [1.29, 1.82) is 5.26 Å². The van der Waals surface area contributed by atoms with Crippen molar-refractivity contribution in [2.24, 2.45) is 11.8 Å². The van der Waals surface area contributed by atoms with Crippen molar-refractivity contribution >= 4 is 17.2 Å². The Morgan fingerprint density at radius 3 is 2.55 bits per heavy atom. The average molecular weight is 569 g/mol. The number of pyridine rings is 2. The third-order valence-corrected chi connectivity index (χ3v) is 7.83. The molecule has 6 rings (SSSR count). The highest BCUT2D eigenvalue weighted by molar-refractivity contribution is 5.94. The molecular weight excluding hydrogens is 536 g/mol. The van der Waals surface area contributed by atoms with Crippen molar-refractivity contribution in [3.05, 3.63) is 60.3 Å². The zero-order chi connectivity index (χ0) is 29.4. The quantitative estimate of drug-likeness (QED) is 0.325. The summed E-state index contributed by atoms with van der Waals surface area (Å²) in [4.78, 5) is 28.5. The van der Waals surface area contributed by atoms with Crippen LogP contribution in [0.5, 0.6) is 11.6 Å². The summed E-state index contributed by atoms with van der Waals surface area (Å²) in [6.07, 6.45) is 10.0. The summed E-state index contributed by atoms with van der Waals surface area (Å²) in [7, 11) is 1.54. The Kier molecular flexibility index (Phi) is 7.12. The summed E-state index contributed by atoms with van der Waals surface area (Å²) < 4.78 is 12.5. The summed E-state index contributed by atoms with van der Waals surface area (Å²) in [5.41, 5.74) is 1.80. The van der Waals surface area contributed by atoms with Gasteiger partial charge < -0.3 is 24.8 Å². The van der Waals surface area contributed by atoms with Gasteiger partial charge >= 0.3 is 0 Å². The predicted molar refractivity (Wildman–Crippen MR) is 153 cm³/mol. The molecule has 1 saturated heterocycles. The maximum atomic E-state index is 12.7. The zero-order valence-corrected chi connectivity index (χ0v) is 23.7. The molecule has 0 spiro atoms. The molecule has 1 aliphatic heterocycles. The van der Waals surface area contributed by atoms with E-state index in [4.69, 9.17) is 19.4 Å². The van der Waals surface area contributed by atoms with E-state index in [-0.39, 0.29) is 18.6 Å². The Morgan fingerprint density at radius 2 is 1.93 bits per heavy atom. The lowest BCUT2D eigenvalue weighted by Crippen LogP contribution is -2.35. The van der Waals surface area contributed by atoms with Crippen LogP contribution in [-0.4, -0.2) is 74.0 Å². The Hall–Kier alpha value is -4.76. The summed E-state index contributed by atoms with van der Waals surface area (Å²) in [5.74, 6) is 2.56. The number of nitrogens with one attached hydrogen (secondary N) is 1. The van der Waals surface area contributed by atoms with E-state index in [0.717, 1.165) is 31.7 Å². The van der Waals surface area contributed by atoms with Gasteiger partial charge in [-0.1, -0.05) is 0 Å². The third kappa shape index (κ3) is 5.56. The van der Waals surface area contributed by atoms with Gasteiger partial charge in [0.25, 0.3) is 5.91 Å². The summed E-state index contributed by atoms with van der Waals surface area (Å²) in [6, 6.07) is 7.52. The number of carbonyl (C=O) groups excluding carboxylic acids is 1. The minimum Gasteiger partial charge on any atom is -0.489 e. The number of aliphatic hydroxyl groups is 1. The van der Waals surface area contributed by atoms with Crippen LogP contribution in [0.1, 0.15) is 42.6 Å². The molecule has 0 radical (unpaired) electrons. The van der Waals surface area contributed by atoms with Crippen LogP contribution in [0, 0.1) is 23.2 Å². The van der Waals surface area contributed by atoms with Crippen LogP contribution in [0.2, 0.25) is 0 Å². The number of nitrogens with zero attached hydrogens (tertiary/aromatic N) is 7. The number of carbonyl (C=O) groups is 1. The molecule has 1 amide bonds. The monoisotopic (exact) mass is 568 g/mol. The lowest BCUT2D eigenvalue weighted by Gasteiger charge is -2.21. The summed E-state index contributed by atoms with van der Waals surface area (Å²) >= 11 is 0. The van der Waals surface area contributed by atoms with Crippen molar-refractivity contribution in [3.8, 4) is 29.0 Å². The van der Waals surface area contributed by atoms with Crippen molar-refractivity contribution in [2.75, 3.05) is 31.7 Å². The first-order valence-electron chi connectivity index (χ1n) is 13.9. The number of ether oxygens (including phenoxy) is 2. The SMILES string of the molecule is COc1ccc(C(=O)NC2C[C@@H]3CN(c4cnc(-c5cc(OCC(C)(C)O)cn6ncc(C#N)c56)cn4)C[C@@H]3C2)cn1. The highest BCUT2D eigenvalue weighted by atomic mass is 16.5. The lowest BCUT2D eigenvalue weighted by atomic mass is 10.0. The van der Waals surface area contributed by atoms with Gasteiger partial charge in [-0.3, -0.25) is 9.78 Å². The van der Waals surface area contributed by atoms with Gasteiger partial charge in [-0.25, -0.2) is 14.5 Å². The van der Waals surface area contributed by atoms with E-state index in [0.29, 0.717) is 51.4 Å². The maximum absolute atomic E-state index is 12.7. The van der Waals surface area contributed by atoms with Crippen LogP contribution in [-0.2, 0) is 0 Å². The van der Waals surface area contributed by atoms with Crippen molar-refractivity contribution in [2.45, 2.75) is 38.3 Å². The Labute approximate surface area is 242 Å². The second-order valence-corrected chi connectivity index (χ2v) is 11.6. The van der Waals surface area contributed by atoms with E-state index >= 15 is 0 Å². The molecule has 42 heavy (non-hydrogen) atoms. The molecule has 216 valence electrons. The highest BCUT2D eigenvalue weighted by Gasteiger charge is 2.42. The number of rotatable bonds is 8. The molecule has 0 bridgehead atoms. The molecule has 4 aromatic heterocycles. The van der Waals surface area contributed by atoms with E-state index in [1.807, 2.05) is 0 Å². The van der Waals surface area contributed by atoms with Crippen LogP contribution >= 0.6 is 0 Å². The van der Waals surface area contributed by atoms with Gasteiger partial charge in [-0.05, 0) is 50.7 Å². The van der Waals surface area contributed by atoms with Gasteiger partial charge in [0.15, 0.2) is 0 Å². The highest BCUT2D eigenvalue weighted by Crippen LogP contribution is 2.40. The lowest BCUT2D eigenvalue weighted by molar-refractivity contribution is 0.0283. The third-order valence-electron chi connectivity index (χ3n) is 7.83. The number of amides is 1. The minimum atomic E-state index is -1.01. The standard InChI is InChI=1S/C30H32N8O4/c1-30(2,40)17-42-23-8-24(28-21(9-31)11-35-38(28)16-23)25-12-33-26(13-32-25)37-14-19-6-22(7-20(19)15-37)36-29(39)18-4-5-27(41-3)34-10-18/h4-5,8,10-13,16,19-20,22,40H,6-7,14-15,17H2,1-3H3,(H,36,39)/t19-,20+,22?. The minimum absolute atomic E-state index is 0.0927. The van der Waals surface area contributed by atoms with E-state index in [9.17, 15) is 15.2 Å². The number of methoxy groups -OCH3 is 1. The number of hydrogen-bond acceptors (Lipinski definition) is 10. The van der Waals surface area contributed by atoms with E-state index in [1.54, 1.807) is 62.3 Å². The number of anilines is 1. The molecule has 1 unspecified atom stereocenters. The molecule has 4 aromatic rings. The molecule has 3 atom stereocenters. The number of aromatic nitrogens is 5. The second-order valence-electron chi connectivity index (χ2n) is 11.6. The number of fused-ring (bicyclic) bond motifs is 2. The molecule has 2 fully saturated rings. The molecule has 0 aromatic carbocycles. The van der Waals surface area contributed by atoms with E-state index in [1.165, 1.54) is 12.4 Å². The first-order valence-corrected chi connectivity index (χ1v) is 13.9. The van der Waals surface area contributed by atoms with Crippen LogP contribution in [0.3, 0.4) is 0 Å². The van der Waals surface area contributed by atoms with Gasteiger partial charge in [0.1, 0.15) is 24.2 Å². The molecule has 12 nitrogen and oxygen atoms in total. The predicted octanol–water partition coefficient (Wildman–Crippen LogP) is 2.86. The smallest absolute Gasteiger partial charge is 0.253 e. The van der Waals surface area contributed by atoms with Crippen LogP contribution in [0.25, 0.3) is 16.8 Å². The van der Waals surface area contributed by atoms with Crippen molar-refractivity contribution in [1.82, 2.24) is 29.9 Å². The average Bonchev–Trinajstić information content (AvgIpc) is 3.69. The molecule has 1 aliphatic carbocycles. The molecule has 2 aliphatic rings. The Morgan fingerprint density at radius 1 is 1.14 bits per heavy atom. The first kappa shape index (κ1) is 27.4. The van der Waals surface area contributed by atoms with Gasteiger partial charge in [-0.2, -0.15) is 10.4 Å². The number of nitriles is 1. The van der Waals surface area contributed by atoms with Gasteiger partial charge in [0, 0.05) is 37.0 Å². The molecule has 2 N–H and O–H groups in total. The van der Waals surface area contributed by atoms with Crippen molar-refractivity contribution < 1.29 is 19.4 Å². The van der Waals surface area contributed by atoms with Crippen LogP contribution in [0.15, 0.2) is 49.2 Å². The van der Waals surface area contributed by atoms with Gasteiger partial charge in [-0.15, -0.1) is 0 Å². The molecule has 5 heterocycles. The fourth-order valence-electron chi connectivity index (χ4n) is 5.85. The Balaban J connectivity index is 1.13. The fraction of sp³-hybridized carbons (Fsp3) is 0.400. The fourth-order valence-corrected chi connectivity index (χ4v) is 5.85. The summed E-state index contributed by atoms with van der Waals surface area (Å²) in [5, 5.41) is 27.2. The van der Waals surface area contributed by atoms with E-state index < -0.39 is 5.60 Å². The zero-order valence-electron chi connectivity index (χ0n) is 23.7. The van der Waals surface area contributed by atoms with Gasteiger partial charge in [0.05, 0.1) is 59.8 Å². The normalized spacial score (nSPS) is 19.9. The Bertz CT molecular complexity index is 1630. The largest absolute Gasteiger partial charge is 0.489 e. The maximum Gasteiger partial charge on any atom is 0.253 e. The summed E-state index contributed by atoms with van der Waals surface area (Å²) in [6.45, 7) is 5.12. The molecule has 1 saturated carbocycles. The first-order chi connectivity index (χ1) is 20.2. The number of hydrogen-bond donors (Lipinski definition) is 2. The van der Waals surface area contributed by atoms with E-state index in [2.05, 4.69) is 26.4 Å².